The van der Waals surface area contributed by atoms with Crippen LogP contribution < -0.4 is 5.32 Å². The number of nitrogens with one attached hydrogen (secondary N) is 1. The van der Waals surface area contributed by atoms with Crippen LogP contribution in [0.4, 0.5) is 0 Å². The minimum Gasteiger partial charge on any atom is -0.481 e. The summed E-state index contributed by atoms with van der Waals surface area (Å²) in [4.78, 5) is 24.5. The molecule has 1 unspecified atom stereocenters. The molecule has 2 aromatic rings. The highest BCUT2D eigenvalue weighted by Gasteiger charge is 2.39. The van der Waals surface area contributed by atoms with E-state index in [-0.39, 0.29) is 16.3 Å². The van der Waals surface area contributed by atoms with E-state index < -0.39 is 27.1 Å². The van der Waals surface area contributed by atoms with Gasteiger partial charge in [-0.3, -0.25) is 9.59 Å². The molecule has 6 nitrogen and oxygen atoms in total. The first-order chi connectivity index (χ1) is 11.7. The van der Waals surface area contributed by atoms with Crippen molar-refractivity contribution in [1.29, 1.82) is 0 Å². The fourth-order valence-corrected chi connectivity index (χ4v) is 4.42. The lowest BCUT2D eigenvalue weighted by Crippen LogP contribution is -2.46. The summed E-state index contributed by atoms with van der Waals surface area (Å²) in [6, 6.07) is 10.0. The Balaban J connectivity index is 2.22. The zero-order valence-corrected chi connectivity index (χ0v) is 15.5. The highest BCUT2D eigenvalue weighted by Crippen LogP contribution is 2.28. The highest BCUT2D eigenvalue weighted by atomic mass is 32.2. The van der Waals surface area contributed by atoms with E-state index in [1.807, 2.05) is 0 Å². The molecule has 1 heterocycles. The minimum absolute atomic E-state index is 0.0747. The summed E-state index contributed by atoms with van der Waals surface area (Å²) in [6.07, 6.45) is 1.37. The molecule has 0 aliphatic heterocycles. The maximum Gasteiger partial charge on any atom is 0.315 e. The first-order valence-corrected chi connectivity index (χ1v) is 10.3. The predicted octanol–water partition coefficient (Wildman–Crippen LogP) is 2.31. The second kappa shape index (κ2) is 7.37. The maximum atomic E-state index is 12.3. The first-order valence-electron chi connectivity index (χ1n) is 7.56. The third-order valence-electron chi connectivity index (χ3n) is 4.12. The molecule has 8 heteroatoms. The normalized spacial score (nSPS) is 13.8. The van der Waals surface area contributed by atoms with E-state index in [0.29, 0.717) is 12.0 Å². The maximum absolute atomic E-state index is 12.3. The molecule has 0 saturated heterocycles. The van der Waals surface area contributed by atoms with Gasteiger partial charge in [0.15, 0.2) is 9.84 Å². The number of benzene rings is 1. The number of rotatable bonds is 7. The molecule has 0 bridgehead atoms. The molecule has 1 atom stereocenters. The number of hydrogen-bond donors (Lipinski definition) is 2. The van der Waals surface area contributed by atoms with Crippen LogP contribution in [0.2, 0.25) is 0 Å². The monoisotopic (exact) mass is 381 g/mol. The molecule has 0 spiro atoms. The van der Waals surface area contributed by atoms with Gasteiger partial charge in [0, 0.05) is 18.2 Å². The molecule has 0 saturated carbocycles. The third-order valence-corrected chi connectivity index (χ3v) is 6.29. The number of aliphatic carboxylic acids is 1. The molecule has 0 aliphatic rings. The summed E-state index contributed by atoms with van der Waals surface area (Å²) >= 11 is 1.01. The quantitative estimate of drug-likeness (QED) is 0.766. The Hall–Kier alpha value is -2.19. The molecular formula is C17H19NO5S2. The van der Waals surface area contributed by atoms with Crippen molar-refractivity contribution in [3.8, 4) is 0 Å². The Kier molecular flexibility index (Phi) is 5.64. The number of sulfone groups is 1. The van der Waals surface area contributed by atoms with Crippen LogP contribution in [0, 0.1) is 0 Å². The van der Waals surface area contributed by atoms with E-state index >= 15 is 0 Å². The second-order valence-electron chi connectivity index (χ2n) is 5.71. The topological polar surface area (TPSA) is 101 Å². The van der Waals surface area contributed by atoms with E-state index in [9.17, 15) is 23.1 Å². The average molecular weight is 381 g/mol. The number of carboxylic acids is 1. The van der Waals surface area contributed by atoms with Crippen molar-refractivity contribution in [2.45, 2.75) is 23.7 Å². The molecule has 0 aliphatic carbocycles. The Bertz CT molecular complexity index is 873. The minimum atomic E-state index is -3.38. The Morgan fingerprint density at radius 2 is 1.88 bits per heavy atom. The summed E-state index contributed by atoms with van der Waals surface area (Å²) in [5.41, 5.74) is -0.637. The van der Waals surface area contributed by atoms with Gasteiger partial charge in [0.05, 0.1) is 9.77 Å². The summed E-state index contributed by atoms with van der Waals surface area (Å²) in [7, 11) is -3.38. The van der Waals surface area contributed by atoms with Gasteiger partial charge < -0.3 is 10.4 Å². The Morgan fingerprint density at radius 1 is 1.24 bits per heavy atom. The molecule has 0 radical (unpaired) electrons. The Labute approximate surface area is 150 Å². The van der Waals surface area contributed by atoms with E-state index in [2.05, 4.69) is 5.32 Å². The number of hydrogen-bond acceptors (Lipinski definition) is 5. The molecule has 0 fully saturated rings. The highest BCUT2D eigenvalue weighted by molar-refractivity contribution is 7.90. The van der Waals surface area contributed by atoms with Crippen molar-refractivity contribution < 1.29 is 23.1 Å². The van der Waals surface area contributed by atoms with Crippen molar-refractivity contribution in [2.75, 3.05) is 12.8 Å². The Morgan fingerprint density at radius 3 is 2.36 bits per heavy atom. The molecular weight excluding hydrogens is 362 g/mol. The zero-order chi connectivity index (χ0) is 18.7. The van der Waals surface area contributed by atoms with Crippen molar-refractivity contribution in [2.24, 2.45) is 0 Å². The molecule has 1 aromatic carbocycles. The molecule has 2 N–H and O–H groups in total. The van der Waals surface area contributed by atoms with Crippen LogP contribution in [0.1, 0.15) is 28.6 Å². The van der Waals surface area contributed by atoms with Gasteiger partial charge in [-0.05, 0) is 18.1 Å². The van der Waals surface area contributed by atoms with Gasteiger partial charge in [0.25, 0.3) is 5.91 Å². The second-order valence-corrected chi connectivity index (χ2v) is 8.64. The molecule has 25 heavy (non-hydrogen) atoms. The van der Waals surface area contributed by atoms with E-state index in [1.54, 1.807) is 37.3 Å². The van der Waals surface area contributed by atoms with Gasteiger partial charge in [-0.25, -0.2) is 8.42 Å². The van der Waals surface area contributed by atoms with Crippen LogP contribution in [0.15, 0.2) is 46.7 Å². The lowest BCUT2D eigenvalue weighted by molar-refractivity contribution is -0.143. The van der Waals surface area contributed by atoms with Crippen molar-refractivity contribution in [3.63, 3.8) is 0 Å². The van der Waals surface area contributed by atoms with Gasteiger partial charge in [0.2, 0.25) is 0 Å². The number of carbonyl (C=O) groups excluding carboxylic acids is 1. The number of carboxylic acid groups (broad SMARTS) is 1. The number of amides is 1. The summed E-state index contributed by atoms with van der Waals surface area (Å²) in [6.45, 7) is 1.66. The summed E-state index contributed by atoms with van der Waals surface area (Å²) in [5.74, 6) is -1.51. The van der Waals surface area contributed by atoms with Crippen molar-refractivity contribution >= 4 is 33.1 Å². The first kappa shape index (κ1) is 19.1. The standard InChI is InChI=1S/C17H19NO5S2/c1-3-17(16(20)21,12-7-5-4-6-8-12)11-18-15(19)14-9-13(10-24-14)25(2,22)23/h4-10H,3,11H2,1-2H3,(H,18,19)(H,20,21). The van der Waals surface area contributed by atoms with Crippen LogP contribution >= 0.6 is 11.3 Å². The average Bonchev–Trinajstić information content (AvgIpc) is 3.07. The largest absolute Gasteiger partial charge is 0.481 e. The lowest BCUT2D eigenvalue weighted by atomic mass is 9.78. The summed E-state index contributed by atoms with van der Waals surface area (Å²) in [5, 5.41) is 13.8. The van der Waals surface area contributed by atoms with Crippen LogP contribution in [-0.4, -0.2) is 38.2 Å². The van der Waals surface area contributed by atoms with Crippen molar-refractivity contribution in [3.05, 3.63) is 52.2 Å². The number of carbonyl (C=O) groups is 2. The molecule has 1 aromatic heterocycles. The van der Waals surface area contributed by atoms with Crippen LogP contribution in [-0.2, 0) is 20.0 Å². The van der Waals surface area contributed by atoms with E-state index in [1.165, 1.54) is 11.4 Å². The van der Waals surface area contributed by atoms with E-state index in [0.717, 1.165) is 17.6 Å². The fourth-order valence-electron chi connectivity index (χ4n) is 2.49. The van der Waals surface area contributed by atoms with Gasteiger partial charge >= 0.3 is 5.97 Å². The van der Waals surface area contributed by atoms with E-state index in [4.69, 9.17) is 0 Å². The van der Waals surface area contributed by atoms with Crippen molar-refractivity contribution in [1.82, 2.24) is 5.32 Å². The van der Waals surface area contributed by atoms with Gasteiger partial charge in [-0.15, -0.1) is 11.3 Å². The molecule has 134 valence electrons. The van der Waals surface area contributed by atoms with Gasteiger partial charge in [-0.2, -0.15) is 0 Å². The van der Waals surface area contributed by atoms with Crippen LogP contribution in [0.3, 0.4) is 0 Å². The summed E-state index contributed by atoms with van der Waals surface area (Å²) < 4.78 is 23.0. The van der Waals surface area contributed by atoms with Gasteiger partial charge in [-0.1, -0.05) is 37.3 Å². The lowest BCUT2D eigenvalue weighted by Gasteiger charge is -2.29. The van der Waals surface area contributed by atoms with Crippen LogP contribution in [0.5, 0.6) is 0 Å². The van der Waals surface area contributed by atoms with Gasteiger partial charge in [0.1, 0.15) is 5.41 Å². The SMILES string of the molecule is CCC(CNC(=O)c1cc(S(C)(=O)=O)cs1)(C(=O)O)c1ccccc1. The number of thiophene rings is 1. The zero-order valence-electron chi connectivity index (χ0n) is 13.9. The molecule has 2 rings (SSSR count). The predicted molar refractivity (Wildman–Crippen MR) is 95.8 cm³/mol. The smallest absolute Gasteiger partial charge is 0.315 e. The molecule has 1 amide bonds. The van der Waals surface area contributed by atoms with Crippen LogP contribution in [0.25, 0.3) is 0 Å². The fraction of sp³-hybridized carbons (Fsp3) is 0.294. The third kappa shape index (κ3) is 4.08.